The molecule has 0 spiro atoms. The summed E-state index contributed by atoms with van der Waals surface area (Å²) in [5, 5.41) is 5.88. The van der Waals surface area contributed by atoms with Crippen molar-refractivity contribution in [3.05, 3.63) is 29.8 Å². The SMILES string of the molecule is Cc1ncc2c3cc(-c4cncs4)nc4sc([S+]([O-])C5CCC5)c([nH]n12)c43. The van der Waals surface area contributed by atoms with Crippen molar-refractivity contribution < 1.29 is 4.55 Å². The van der Waals surface area contributed by atoms with Gasteiger partial charge in [0.1, 0.15) is 21.4 Å². The molecule has 1 atom stereocenters. The zero-order valence-electron chi connectivity index (χ0n) is 14.4. The minimum atomic E-state index is -1.00. The fourth-order valence-corrected chi connectivity index (χ4v) is 7.47. The first-order valence-electron chi connectivity index (χ1n) is 8.79. The Morgan fingerprint density at radius 1 is 1.33 bits per heavy atom. The van der Waals surface area contributed by atoms with Crippen LogP contribution in [0.15, 0.2) is 28.2 Å². The maximum absolute atomic E-state index is 13.2. The Labute approximate surface area is 165 Å². The van der Waals surface area contributed by atoms with Crippen LogP contribution in [0.3, 0.4) is 0 Å². The summed E-state index contributed by atoms with van der Waals surface area (Å²) in [6.07, 6.45) is 6.99. The molecule has 9 heteroatoms. The molecule has 6 nitrogen and oxygen atoms in total. The zero-order valence-corrected chi connectivity index (χ0v) is 16.9. The minimum Gasteiger partial charge on any atom is -0.611 e. The molecule has 6 rings (SSSR count). The molecule has 1 fully saturated rings. The molecule has 1 aliphatic carbocycles. The zero-order chi connectivity index (χ0) is 18.1. The molecule has 5 aromatic heterocycles. The van der Waals surface area contributed by atoms with E-state index >= 15 is 0 Å². The van der Waals surface area contributed by atoms with Crippen LogP contribution in [0, 0.1) is 6.92 Å². The average Bonchev–Trinajstić information content (AvgIpc) is 3.34. The Kier molecular flexibility index (Phi) is 3.44. The van der Waals surface area contributed by atoms with Gasteiger partial charge in [-0.25, -0.2) is 14.5 Å². The number of pyridine rings is 1. The molecule has 0 saturated heterocycles. The van der Waals surface area contributed by atoms with Crippen molar-refractivity contribution in [1.29, 1.82) is 0 Å². The number of hydrogen-bond acceptors (Lipinski definition) is 6. The van der Waals surface area contributed by atoms with Crippen LogP contribution < -0.4 is 0 Å². The lowest BCUT2D eigenvalue weighted by molar-refractivity contribution is 0.478. The van der Waals surface area contributed by atoms with Crippen LogP contribution in [0.2, 0.25) is 0 Å². The summed E-state index contributed by atoms with van der Waals surface area (Å²) in [7, 11) is 0. The van der Waals surface area contributed by atoms with Gasteiger partial charge in [0.05, 0.1) is 33.2 Å². The summed E-state index contributed by atoms with van der Waals surface area (Å²) in [4.78, 5) is 15.5. The maximum Gasteiger partial charge on any atom is 0.234 e. The third kappa shape index (κ3) is 2.25. The molecule has 1 N–H and O–H groups in total. The molecule has 1 saturated carbocycles. The van der Waals surface area contributed by atoms with Crippen LogP contribution in [-0.4, -0.2) is 34.4 Å². The van der Waals surface area contributed by atoms with E-state index in [4.69, 9.17) is 4.98 Å². The van der Waals surface area contributed by atoms with Crippen molar-refractivity contribution in [3.8, 4) is 10.6 Å². The van der Waals surface area contributed by atoms with Crippen molar-refractivity contribution in [3.63, 3.8) is 0 Å². The number of aromatic amines is 1. The Morgan fingerprint density at radius 2 is 2.22 bits per heavy atom. The number of nitrogens with one attached hydrogen (secondary N) is 1. The molecule has 5 aromatic rings. The van der Waals surface area contributed by atoms with Gasteiger partial charge in [-0.15, -0.1) is 11.3 Å². The third-order valence-electron chi connectivity index (χ3n) is 5.29. The molecule has 5 heterocycles. The molecule has 1 aliphatic rings. The molecule has 0 amide bonds. The van der Waals surface area contributed by atoms with Gasteiger partial charge in [0.2, 0.25) is 4.21 Å². The van der Waals surface area contributed by atoms with E-state index in [9.17, 15) is 4.55 Å². The van der Waals surface area contributed by atoms with Gasteiger partial charge in [0, 0.05) is 22.8 Å². The monoisotopic (exact) mass is 413 g/mol. The highest BCUT2D eigenvalue weighted by Gasteiger charge is 2.35. The second kappa shape index (κ2) is 5.78. The predicted molar refractivity (Wildman–Crippen MR) is 110 cm³/mol. The lowest BCUT2D eigenvalue weighted by Gasteiger charge is -2.26. The van der Waals surface area contributed by atoms with E-state index in [2.05, 4.69) is 21.1 Å². The fraction of sp³-hybridized carbons (Fsp3) is 0.278. The Balaban J connectivity index is 1.72. The number of H-pyrrole nitrogens is 1. The number of fused-ring (bicyclic) bond motifs is 2. The molecular formula is C18H15N5OS3. The van der Waals surface area contributed by atoms with Crippen LogP contribution in [0.25, 0.3) is 37.2 Å². The summed E-state index contributed by atoms with van der Waals surface area (Å²) in [6.45, 7) is 1.97. The molecule has 0 radical (unpaired) electrons. The fourth-order valence-electron chi connectivity index (χ4n) is 3.62. The highest BCUT2D eigenvalue weighted by Crippen LogP contribution is 2.43. The first-order valence-corrected chi connectivity index (χ1v) is 11.7. The quantitative estimate of drug-likeness (QED) is 0.441. The Bertz CT molecular complexity index is 1300. The smallest absolute Gasteiger partial charge is 0.234 e. The van der Waals surface area contributed by atoms with E-state index in [1.165, 1.54) is 6.42 Å². The van der Waals surface area contributed by atoms with Gasteiger partial charge < -0.3 is 4.55 Å². The van der Waals surface area contributed by atoms with Gasteiger partial charge in [-0.3, -0.25) is 10.1 Å². The largest absolute Gasteiger partial charge is 0.611 e. The topological polar surface area (TPSA) is 81.9 Å². The molecule has 0 bridgehead atoms. The summed E-state index contributed by atoms with van der Waals surface area (Å²) in [6, 6.07) is 2.11. The van der Waals surface area contributed by atoms with Crippen LogP contribution in [0.1, 0.15) is 25.1 Å². The van der Waals surface area contributed by atoms with E-state index in [1.807, 2.05) is 29.3 Å². The molecule has 0 aromatic carbocycles. The van der Waals surface area contributed by atoms with Crippen LogP contribution in [-0.2, 0) is 11.2 Å². The number of thiazole rings is 1. The first kappa shape index (κ1) is 16.1. The van der Waals surface area contributed by atoms with Gasteiger partial charge in [-0.05, 0) is 32.3 Å². The summed E-state index contributed by atoms with van der Waals surface area (Å²) in [5.41, 5.74) is 4.67. The number of aryl methyl sites for hydroxylation is 1. The van der Waals surface area contributed by atoms with Crippen molar-refractivity contribution in [2.75, 3.05) is 0 Å². The summed E-state index contributed by atoms with van der Waals surface area (Å²) in [5.74, 6) is 0.881. The van der Waals surface area contributed by atoms with E-state index in [0.29, 0.717) is 0 Å². The highest BCUT2D eigenvalue weighted by molar-refractivity contribution is 7.94. The number of imidazole rings is 1. The normalized spacial score (nSPS) is 16.5. The predicted octanol–water partition coefficient (Wildman–Crippen LogP) is 4.52. The number of nitrogens with zero attached hydrogens (tertiary/aromatic N) is 4. The molecule has 136 valence electrons. The van der Waals surface area contributed by atoms with Crippen LogP contribution in [0.4, 0.5) is 0 Å². The molecule has 1 unspecified atom stereocenters. The molecule has 27 heavy (non-hydrogen) atoms. The van der Waals surface area contributed by atoms with E-state index < -0.39 is 11.2 Å². The number of aromatic nitrogens is 5. The number of thiophene rings is 1. The van der Waals surface area contributed by atoms with E-state index in [1.54, 1.807) is 22.7 Å². The second-order valence-electron chi connectivity index (χ2n) is 6.85. The van der Waals surface area contributed by atoms with Crippen molar-refractivity contribution in [2.24, 2.45) is 0 Å². The van der Waals surface area contributed by atoms with Crippen LogP contribution >= 0.6 is 22.7 Å². The molecular weight excluding hydrogens is 398 g/mol. The molecule has 0 aliphatic heterocycles. The second-order valence-corrected chi connectivity index (χ2v) is 10.7. The Hall–Kier alpha value is -1.94. The Morgan fingerprint density at radius 3 is 2.96 bits per heavy atom. The summed E-state index contributed by atoms with van der Waals surface area (Å²) >= 11 is 2.13. The lowest BCUT2D eigenvalue weighted by atomic mass is 10.0. The van der Waals surface area contributed by atoms with Crippen molar-refractivity contribution in [2.45, 2.75) is 35.6 Å². The van der Waals surface area contributed by atoms with Gasteiger partial charge in [0.25, 0.3) is 0 Å². The van der Waals surface area contributed by atoms with Gasteiger partial charge >= 0.3 is 0 Å². The van der Waals surface area contributed by atoms with E-state index in [0.717, 1.165) is 60.1 Å². The van der Waals surface area contributed by atoms with Gasteiger partial charge in [0.15, 0.2) is 0 Å². The standard InChI is InChI=1S/C18H15N5OS3/c1-9-20-6-13-11-5-12(14-7-19-8-25-14)21-17-15(11)16(22-23(9)13)18(26-17)27(24)10-3-2-4-10/h5-8,10,22H,2-4H2,1H3. The summed E-state index contributed by atoms with van der Waals surface area (Å²) < 4.78 is 16.1. The number of hydrogen-bond donors (Lipinski definition) is 1. The van der Waals surface area contributed by atoms with Crippen LogP contribution in [0.5, 0.6) is 0 Å². The van der Waals surface area contributed by atoms with Gasteiger partial charge in [-0.2, -0.15) is 0 Å². The number of rotatable bonds is 3. The van der Waals surface area contributed by atoms with E-state index in [-0.39, 0.29) is 5.25 Å². The van der Waals surface area contributed by atoms with Crippen molar-refractivity contribution in [1.82, 2.24) is 24.6 Å². The minimum absolute atomic E-state index is 0.269. The lowest BCUT2D eigenvalue weighted by Crippen LogP contribution is -2.28. The third-order valence-corrected chi connectivity index (χ3v) is 9.35. The van der Waals surface area contributed by atoms with Gasteiger partial charge in [-0.1, -0.05) is 11.3 Å². The first-order chi connectivity index (χ1) is 13.2. The van der Waals surface area contributed by atoms with Crippen molar-refractivity contribution >= 4 is 60.5 Å². The average molecular weight is 414 g/mol. The highest BCUT2D eigenvalue weighted by atomic mass is 32.2. The maximum atomic E-state index is 13.2.